The molecule has 0 fully saturated rings. The fourth-order valence-corrected chi connectivity index (χ4v) is 4.92. The number of esters is 2. The van der Waals surface area contributed by atoms with Gasteiger partial charge < -0.3 is 9.47 Å². The molecule has 0 radical (unpaired) electrons. The fourth-order valence-electron chi connectivity index (χ4n) is 4.92. The summed E-state index contributed by atoms with van der Waals surface area (Å²) in [6.45, 7) is 21.2. The fraction of sp³-hybridized carbons (Fsp3) is 0.324. The van der Waals surface area contributed by atoms with Crippen LogP contribution >= 0.6 is 0 Å². The summed E-state index contributed by atoms with van der Waals surface area (Å²) in [4.78, 5) is 38.6. The molecule has 0 saturated carbocycles. The Morgan fingerprint density at radius 2 is 0.897 bits per heavy atom. The molecule has 0 aromatic heterocycles. The lowest BCUT2D eigenvalue weighted by atomic mass is 9.89. The maximum atomic E-state index is 13.6. The number of hydrogen-bond acceptors (Lipinski definition) is 5. The van der Waals surface area contributed by atoms with Crippen molar-refractivity contribution in [2.24, 2.45) is 0 Å². The molecule has 204 valence electrons. The van der Waals surface area contributed by atoms with E-state index >= 15 is 0 Å². The van der Waals surface area contributed by atoms with Crippen molar-refractivity contribution in [2.75, 3.05) is 0 Å². The van der Waals surface area contributed by atoms with Gasteiger partial charge in [0.1, 0.15) is 0 Å². The largest absolute Gasteiger partial charge is 0.419 e. The van der Waals surface area contributed by atoms with Gasteiger partial charge in [0.15, 0.2) is 17.3 Å². The van der Waals surface area contributed by atoms with Gasteiger partial charge in [0.25, 0.3) is 0 Å². The third kappa shape index (κ3) is 5.73. The van der Waals surface area contributed by atoms with E-state index in [0.717, 1.165) is 55.6 Å². The molecule has 3 rings (SSSR count). The highest BCUT2D eigenvalue weighted by Gasteiger charge is 2.24. The van der Waals surface area contributed by atoms with Gasteiger partial charge in [-0.15, -0.1) is 0 Å². The molecule has 0 saturated heterocycles. The van der Waals surface area contributed by atoms with Gasteiger partial charge in [-0.05, 0) is 156 Å². The van der Waals surface area contributed by atoms with Crippen LogP contribution in [0.3, 0.4) is 0 Å². The first kappa shape index (κ1) is 29.6. The third-order valence-corrected chi connectivity index (χ3v) is 8.29. The molecule has 3 aromatic carbocycles. The maximum Gasteiger partial charge on any atom is 0.344 e. The molecule has 3 aromatic rings. The van der Waals surface area contributed by atoms with Crippen molar-refractivity contribution in [3.8, 4) is 11.5 Å². The lowest BCUT2D eigenvalue weighted by molar-refractivity contribution is -0.112. The molecule has 0 N–H and O–H groups in total. The average molecular weight is 527 g/mol. The molecule has 0 spiro atoms. The van der Waals surface area contributed by atoms with Crippen molar-refractivity contribution in [3.05, 3.63) is 96.6 Å². The SMILES string of the molecule is CC(=O)/C=C/c1ccc(OC(=O)c2c(C)c(C)c(C)c(C)c2C)c(OC(=O)c2c(C)c(C)c(C)c(C)c2C)c1. The zero-order chi connectivity index (χ0) is 29.3. The molecule has 5 nitrogen and oxygen atoms in total. The van der Waals surface area contributed by atoms with E-state index in [-0.39, 0.29) is 17.3 Å². The summed E-state index contributed by atoms with van der Waals surface area (Å²) in [5.41, 5.74) is 11.5. The van der Waals surface area contributed by atoms with Crippen molar-refractivity contribution in [3.63, 3.8) is 0 Å². The highest BCUT2D eigenvalue weighted by Crippen LogP contribution is 2.34. The molecule has 0 unspecified atom stereocenters. The van der Waals surface area contributed by atoms with E-state index in [1.54, 1.807) is 24.3 Å². The second-order valence-electron chi connectivity index (χ2n) is 10.4. The number of benzene rings is 3. The molecule has 0 amide bonds. The standard InChI is InChI=1S/C34H38O5/c1-17(35)12-13-28-14-15-29(38-33(36)31-24(8)20(4)18(2)21(5)25(31)9)30(16-28)39-34(37)32-26(10)22(6)19(3)23(7)27(32)11/h12-16H,1-11H3/b13-12+. The molecular weight excluding hydrogens is 488 g/mol. The first-order valence-corrected chi connectivity index (χ1v) is 13.1. The molecule has 0 atom stereocenters. The summed E-state index contributed by atoms with van der Waals surface area (Å²) in [5.74, 6) is -0.939. The topological polar surface area (TPSA) is 69.7 Å². The summed E-state index contributed by atoms with van der Waals surface area (Å²) in [5, 5.41) is 0. The van der Waals surface area contributed by atoms with Crippen LogP contribution in [0, 0.1) is 69.2 Å². The van der Waals surface area contributed by atoms with Crippen LogP contribution in [0.15, 0.2) is 24.3 Å². The number of ketones is 1. The highest BCUT2D eigenvalue weighted by atomic mass is 16.6. The van der Waals surface area contributed by atoms with Gasteiger partial charge in [-0.2, -0.15) is 0 Å². The number of carbonyl (C=O) groups excluding carboxylic acids is 3. The van der Waals surface area contributed by atoms with Crippen LogP contribution in [-0.2, 0) is 4.79 Å². The van der Waals surface area contributed by atoms with Crippen molar-refractivity contribution in [1.82, 2.24) is 0 Å². The second kappa shape index (κ2) is 11.4. The van der Waals surface area contributed by atoms with E-state index < -0.39 is 11.9 Å². The summed E-state index contributed by atoms with van der Waals surface area (Å²) in [6, 6.07) is 4.90. The Balaban J connectivity index is 2.11. The minimum Gasteiger partial charge on any atom is -0.419 e. The lowest BCUT2D eigenvalue weighted by Crippen LogP contribution is -2.18. The van der Waals surface area contributed by atoms with E-state index in [1.807, 2.05) is 69.2 Å². The van der Waals surface area contributed by atoms with Crippen molar-refractivity contribution in [1.29, 1.82) is 0 Å². The summed E-state index contributed by atoms with van der Waals surface area (Å²) in [6.07, 6.45) is 3.06. The van der Waals surface area contributed by atoms with Gasteiger partial charge in [-0.25, -0.2) is 9.59 Å². The summed E-state index contributed by atoms with van der Waals surface area (Å²) in [7, 11) is 0. The monoisotopic (exact) mass is 526 g/mol. The smallest absolute Gasteiger partial charge is 0.344 e. The molecule has 39 heavy (non-hydrogen) atoms. The number of allylic oxidation sites excluding steroid dienone is 1. The number of ether oxygens (including phenoxy) is 2. The van der Waals surface area contributed by atoms with Crippen molar-refractivity contribution >= 4 is 23.8 Å². The zero-order valence-electron chi connectivity index (χ0n) is 24.9. The van der Waals surface area contributed by atoms with Crippen LogP contribution < -0.4 is 9.47 Å². The normalized spacial score (nSPS) is 11.2. The quantitative estimate of drug-likeness (QED) is 0.186. The van der Waals surface area contributed by atoms with Crippen molar-refractivity contribution < 1.29 is 23.9 Å². The van der Waals surface area contributed by atoms with Gasteiger partial charge in [0.2, 0.25) is 0 Å². The molecular formula is C34H38O5. The highest BCUT2D eigenvalue weighted by molar-refractivity contribution is 5.97. The Kier molecular flexibility index (Phi) is 8.64. The Morgan fingerprint density at radius 1 is 0.538 bits per heavy atom. The predicted octanol–water partition coefficient (Wildman–Crippen LogP) is 7.81. The second-order valence-corrected chi connectivity index (χ2v) is 10.4. The van der Waals surface area contributed by atoms with Crippen LogP contribution in [0.25, 0.3) is 6.08 Å². The van der Waals surface area contributed by atoms with E-state index in [9.17, 15) is 14.4 Å². The molecule has 0 aliphatic rings. The van der Waals surface area contributed by atoms with E-state index in [0.29, 0.717) is 16.7 Å². The van der Waals surface area contributed by atoms with Crippen LogP contribution in [0.4, 0.5) is 0 Å². The summed E-state index contributed by atoms with van der Waals surface area (Å²) < 4.78 is 11.8. The number of carbonyl (C=O) groups is 3. The number of hydrogen-bond donors (Lipinski definition) is 0. The predicted molar refractivity (Wildman–Crippen MR) is 156 cm³/mol. The average Bonchev–Trinajstić information content (AvgIpc) is 2.88. The molecule has 0 heterocycles. The Labute approximate surface area is 231 Å². The van der Waals surface area contributed by atoms with Gasteiger partial charge in [-0.3, -0.25) is 4.79 Å². The van der Waals surface area contributed by atoms with E-state index in [1.165, 1.54) is 13.0 Å². The molecule has 5 heteroatoms. The van der Waals surface area contributed by atoms with Crippen LogP contribution in [0.2, 0.25) is 0 Å². The Bertz CT molecular complexity index is 1490. The van der Waals surface area contributed by atoms with Gasteiger partial charge in [0, 0.05) is 0 Å². The molecule has 0 aliphatic carbocycles. The number of rotatable bonds is 6. The first-order valence-electron chi connectivity index (χ1n) is 13.1. The van der Waals surface area contributed by atoms with E-state index in [4.69, 9.17) is 9.47 Å². The zero-order valence-corrected chi connectivity index (χ0v) is 24.9. The van der Waals surface area contributed by atoms with Gasteiger partial charge in [-0.1, -0.05) is 12.1 Å². The van der Waals surface area contributed by atoms with Gasteiger partial charge in [0.05, 0.1) is 11.1 Å². The minimum atomic E-state index is -0.532. The van der Waals surface area contributed by atoms with Crippen LogP contribution in [-0.4, -0.2) is 17.7 Å². The van der Waals surface area contributed by atoms with Crippen LogP contribution in [0.5, 0.6) is 11.5 Å². The first-order chi connectivity index (χ1) is 18.2. The lowest BCUT2D eigenvalue weighted by Gasteiger charge is -2.19. The van der Waals surface area contributed by atoms with E-state index in [2.05, 4.69) is 0 Å². The minimum absolute atomic E-state index is 0.101. The molecule has 0 aliphatic heterocycles. The Hall–Kier alpha value is -3.99. The van der Waals surface area contributed by atoms with Gasteiger partial charge >= 0.3 is 11.9 Å². The molecule has 0 bridgehead atoms. The van der Waals surface area contributed by atoms with Crippen LogP contribution in [0.1, 0.15) is 88.8 Å². The van der Waals surface area contributed by atoms with Crippen molar-refractivity contribution in [2.45, 2.75) is 76.2 Å². The third-order valence-electron chi connectivity index (χ3n) is 8.29. The maximum absolute atomic E-state index is 13.6. The summed E-state index contributed by atoms with van der Waals surface area (Å²) >= 11 is 0. The Morgan fingerprint density at radius 3 is 1.28 bits per heavy atom.